The van der Waals surface area contributed by atoms with Gasteiger partial charge in [-0.15, -0.1) is 0 Å². The Bertz CT molecular complexity index is 1190. The van der Waals surface area contributed by atoms with Gasteiger partial charge < -0.3 is 23.9 Å². The lowest BCUT2D eigenvalue weighted by Crippen LogP contribution is -2.33. The number of aromatic nitrogens is 3. The van der Waals surface area contributed by atoms with E-state index in [1.807, 2.05) is 31.2 Å². The molecule has 0 spiro atoms. The van der Waals surface area contributed by atoms with Crippen LogP contribution in [0, 0.1) is 6.92 Å². The molecular weight excluding hydrogens is 412 g/mol. The number of furan rings is 1. The zero-order valence-corrected chi connectivity index (χ0v) is 18.3. The van der Waals surface area contributed by atoms with E-state index >= 15 is 0 Å². The molecule has 0 saturated carbocycles. The molecule has 1 aliphatic carbocycles. The highest BCUT2D eigenvalue weighted by Crippen LogP contribution is 2.47. The predicted molar refractivity (Wildman–Crippen MR) is 115 cm³/mol. The second-order valence-electron chi connectivity index (χ2n) is 7.85. The first-order valence-electron chi connectivity index (χ1n) is 10.3. The molecule has 3 aromatic rings. The average Bonchev–Trinajstić information content (AvgIpc) is 3.45. The zero-order valence-electron chi connectivity index (χ0n) is 18.3. The van der Waals surface area contributed by atoms with Crippen LogP contribution in [0.25, 0.3) is 0 Å². The molecule has 2 atom stereocenters. The van der Waals surface area contributed by atoms with Crippen molar-refractivity contribution in [3.63, 3.8) is 0 Å². The van der Waals surface area contributed by atoms with Crippen LogP contribution in [-0.2, 0) is 4.79 Å². The topological polar surface area (TPSA) is 101 Å². The van der Waals surface area contributed by atoms with Crippen LogP contribution in [0.5, 0.6) is 17.2 Å². The summed E-state index contributed by atoms with van der Waals surface area (Å²) in [6.07, 6.45) is 2.64. The molecule has 2 aliphatic rings. The number of nitrogens with zero attached hydrogens (tertiary/aromatic N) is 3. The number of Topliss-reactive ketones (excluding diaryl/α,β-unsaturated/α-hetero) is 1. The summed E-state index contributed by atoms with van der Waals surface area (Å²) < 4.78 is 23.9. The molecule has 1 N–H and O–H groups in total. The Morgan fingerprint density at radius 3 is 2.50 bits per heavy atom. The van der Waals surface area contributed by atoms with Crippen molar-refractivity contribution in [1.29, 1.82) is 0 Å². The third-order valence-electron chi connectivity index (χ3n) is 5.97. The second kappa shape index (κ2) is 7.74. The maximum absolute atomic E-state index is 13.5. The van der Waals surface area contributed by atoms with E-state index in [1.54, 1.807) is 32.3 Å². The van der Waals surface area contributed by atoms with Gasteiger partial charge in [-0.2, -0.15) is 10.1 Å². The van der Waals surface area contributed by atoms with Crippen molar-refractivity contribution in [2.24, 2.45) is 0 Å². The molecule has 3 heterocycles. The van der Waals surface area contributed by atoms with E-state index in [4.69, 9.17) is 18.6 Å². The lowest BCUT2D eigenvalue weighted by atomic mass is 9.79. The van der Waals surface area contributed by atoms with Crippen LogP contribution in [0.4, 0.5) is 5.95 Å². The van der Waals surface area contributed by atoms with Crippen LogP contribution >= 0.6 is 0 Å². The van der Waals surface area contributed by atoms with Gasteiger partial charge in [-0.3, -0.25) is 4.79 Å². The van der Waals surface area contributed by atoms with Crippen LogP contribution in [0.15, 0.2) is 46.2 Å². The number of rotatable bonds is 5. The molecule has 0 radical (unpaired) electrons. The zero-order chi connectivity index (χ0) is 22.4. The van der Waals surface area contributed by atoms with Gasteiger partial charge in [0, 0.05) is 23.6 Å². The Labute approximate surface area is 185 Å². The lowest BCUT2D eigenvalue weighted by Gasteiger charge is -2.34. The van der Waals surface area contributed by atoms with Gasteiger partial charge in [0.25, 0.3) is 0 Å². The summed E-state index contributed by atoms with van der Waals surface area (Å²) in [4.78, 5) is 18.0. The average molecular weight is 436 g/mol. The van der Waals surface area contributed by atoms with Crippen LogP contribution < -0.4 is 19.5 Å². The first kappa shape index (κ1) is 20.2. The lowest BCUT2D eigenvalue weighted by molar-refractivity contribution is -0.117. The van der Waals surface area contributed by atoms with Crippen LogP contribution in [0.1, 0.15) is 41.9 Å². The maximum atomic E-state index is 13.5. The number of benzene rings is 1. The Hall–Kier alpha value is -3.75. The molecule has 0 saturated heterocycles. The number of ether oxygens (including phenoxy) is 3. The number of nitrogens with one attached hydrogen (secondary N) is 1. The van der Waals surface area contributed by atoms with Gasteiger partial charge in [0.1, 0.15) is 17.6 Å². The van der Waals surface area contributed by atoms with Gasteiger partial charge >= 0.3 is 0 Å². The van der Waals surface area contributed by atoms with Gasteiger partial charge in [-0.05, 0) is 43.2 Å². The summed E-state index contributed by atoms with van der Waals surface area (Å²) in [5.41, 5.74) is 2.30. The normalized spacial score (nSPS) is 19.8. The molecule has 9 nitrogen and oxygen atoms in total. The van der Waals surface area contributed by atoms with Crippen LogP contribution in [0.3, 0.4) is 0 Å². The SMILES string of the molecule is COc1cc([C@@H]2C3=C(C[C@H](c4ccco4)CC3=O)Nc3nc(C)nn32)cc(OC)c1OC. The molecule has 5 rings (SSSR count). The molecule has 166 valence electrons. The summed E-state index contributed by atoms with van der Waals surface area (Å²) in [6, 6.07) is 7.00. The Kier molecular flexibility index (Phi) is 4.88. The molecule has 2 aromatic heterocycles. The Morgan fingerprint density at radius 1 is 1.12 bits per heavy atom. The van der Waals surface area contributed by atoms with Gasteiger partial charge in [0.2, 0.25) is 11.7 Å². The molecular formula is C23H24N4O5. The highest BCUT2D eigenvalue weighted by molar-refractivity contribution is 6.00. The fourth-order valence-corrected chi connectivity index (χ4v) is 4.61. The Morgan fingerprint density at radius 2 is 1.88 bits per heavy atom. The molecule has 1 aromatic carbocycles. The number of aryl methyl sites for hydroxylation is 1. The number of ketones is 1. The summed E-state index contributed by atoms with van der Waals surface area (Å²) in [5, 5.41) is 7.92. The fourth-order valence-electron chi connectivity index (χ4n) is 4.61. The number of methoxy groups -OCH3 is 3. The maximum Gasteiger partial charge on any atom is 0.226 e. The first-order valence-corrected chi connectivity index (χ1v) is 10.3. The first-order chi connectivity index (χ1) is 15.5. The van der Waals surface area contributed by atoms with E-state index in [0.717, 1.165) is 17.0 Å². The summed E-state index contributed by atoms with van der Waals surface area (Å²) in [5.74, 6) is 3.53. The third-order valence-corrected chi connectivity index (χ3v) is 5.97. The van der Waals surface area contributed by atoms with Gasteiger partial charge in [-0.1, -0.05) is 0 Å². The highest BCUT2D eigenvalue weighted by Gasteiger charge is 2.40. The predicted octanol–water partition coefficient (Wildman–Crippen LogP) is 3.62. The number of carbonyl (C=O) groups excluding carboxylic acids is 1. The molecule has 9 heteroatoms. The van der Waals surface area contributed by atoms with E-state index in [0.29, 0.717) is 47.4 Å². The van der Waals surface area contributed by atoms with Crippen LogP contribution in [-0.4, -0.2) is 41.9 Å². The highest BCUT2D eigenvalue weighted by atomic mass is 16.5. The standard InChI is InChI=1S/C23H24N4O5/c1-12-24-23-25-15-8-13(17-6-5-7-32-17)9-16(28)20(15)21(27(23)26-12)14-10-18(29-2)22(31-4)19(11-14)30-3/h5-7,10-11,13,21H,8-9H2,1-4H3,(H,24,25,26)/t13-,21+/m0/s1. The van der Waals surface area contributed by atoms with E-state index in [-0.39, 0.29) is 11.7 Å². The summed E-state index contributed by atoms with van der Waals surface area (Å²) in [6.45, 7) is 1.83. The van der Waals surface area contributed by atoms with Gasteiger partial charge in [0.15, 0.2) is 17.3 Å². The number of hydrogen-bond acceptors (Lipinski definition) is 8. The van der Waals surface area contributed by atoms with Crippen molar-refractivity contribution in [3.8, 4) is 17.2 Å². The number of allylic oxidation sites excluding steroid dienone is 2. The van der Waals surface area contributed by atoms with Crippen molar-refractivity contribution in [1.82, 2.24) is 14.8 Å². The van der Waals surface area contributed by atoms with Crippen LogP contribution in [0.2, 0.25) is 0 Å². The number of fused-ring (bicyclic) bond motifs is 1. The third kappa shape index (κ3) is 3.12. The minimum Gasteiger partial charge on any atom is -0.493 e. The van der Waals surface area contributed by atoms with Crippen molar-refractivity contribution in [3.05, 3.63) is 58.9 Å². The van der Waals surface area contributed by atoms with E-state index in [1.165, 1.54) is 0 Å². The van der Waals surface area contributed by atoms with Crippen molar-refractivity contribution < 1.29 is 23.4 Å². The molecule has 32 heavy (non-hydrogen) atoms. The molecule has 1 aliphatic heterocycles. The van der Waals surface area contributed by atoms with E-state index < -0.39 is 6.04 Å². The minimum atomic E-state index is -0.471. The smallest absolute Gasteiger partial charge is 0.226 e. The quantitative estimate of drug-likeness (QED) is 0.647. The monoisotopic (exact) mass is 436 g/mol. The number of carbonyl (C=O) groups is 1. The molecule has 0 fully saturated rings. The summed E-state index contributed by atoms with van der Waals surface area (Å²) >= 11 is 0. The van der Waals surface area contributed by atoms with Gasteiger partial charge in [-0.25, -0.2) is 4.68 Å². The molecule has 0 amide bonds. The molecule has 0 unspecified atom stereocenters. The van der Waals surface area contributed by atoms with Crippen molar-refractivity contribution in [2.75, 3.05) is 26.6 Å². The van der Waals surface area contributed by atoms with Gasteiger partial charge in [0.05, 0.1) is 27.6 Å². The largest absolute Gasteiger partial charge is 0.493 e. The van der Waals surface area contributed by atoms with E-state index in [9.17, 15) is 4.79 Å². The van der Waals surface area contributed by atoms with E-state index in [2.05, 4.69) is 15.4 Å². The van der Waals surface area contributed by atoms with Crippen molar-refractivity contribution >= 4 is 11.7 Å². The summed E-state index contributed by atoms with van der Waals surface area (Å²) in [7, 11) is 4.70. The number of anilines is 1. The second-order valence-corrected chi connectivity index (χ2v) is 7.85. The molecule has 0 bridgehead atoms. The number of hydrogen-bond donors (Lipinski definition) is 1. The fraction of sp³-hybridized carbons (Fsp3) is 0.348. The minimum absolute atomic E-state index is 0.0279. The van der Waals surface area contributed by atoms with Crippen molar-refractivity contribution in [2.45, 2.75) is 31.7 Å². The Balaban J connectivity index is 1.67.